The van der Waals surface area contributed by atoms with E-state index >= 15 is 0 Å². The predicted octanol–water partition coefficient (Wildman–Crippen LogP) is 0.996. The Morgan fingerprint density at radius 1 is 1.14 bits per heavy atom. The lowest BCUT2D eigenvalue weighted by Gasteiger charge is -2.32. The second-order valence-electron chi connectivity index (χ2n) is 6.72. The molecule has 0 radical (unpaired) electrons. The van der Waals surface area contributed by atoms with Crippen molar-refractivity contribution in [3.05, 3.63) is 70.8 Å². The minimum atomic E-state index is -0.277. The quantitative estimate of drug-likeness (QED) is 0.708. The van der Waals surface area contributed by atoms with Crippen LogP contribution in [-0.2, 0) is 6.54 Å². The molecule has 9 heteroatoms. The van der Waals surface area contributed by atoms with Crippen molar-refractivity contribution in [1.29, 1.82) is 0 Å². The van der Waals surface area contributed by atoms with Crippen LogP contribution in [0.4, 0.5) is 4.39 Å². The maximum Gasteiger partial charge on any atom is 0.254 e. The summed E-state index contributed by atoms with van der Waals surface area (Å²) in [7, 11) is 0. The molecule has 2 heterocycles. The topological polar surface area (TPSA) is 68.4 Å². The molecule has 28 heavy (non-hydrogen) atoms. The number of aromatic nitrogens is 4. The van der Waals surface area contributed by atoms with Crippen molar-refractivity contribution in [1.82, 2.24) is 25.1 Å². The third-order valence-electron chi connectivity index (χ3n) is 4.97. The molecule has 0 bridgehead atoms. The van der Waals surface area contributed by atoms with Crippen molar-refractivity contribution in [2.45, 2.75) is 6.54 Å². The summed E-state index contributed by atoms with van der Waals surface area (Å²) in [5.41, 5.74) is 1.95. The van der Waals surface area contributed by atoms with Gasteiger partial charge in [-0.25, -0.2) is 9.07 Å². The molecule has 0 unspecified atom stereocenters. The molecule has 1 saturated heterocycles. The van der Waals surface area contributed by atoms with Gasteiger partial charge in [0.05, 0.1) is 42.5 Å². The highest BCUT2D eigenvalue weighted by Gasteiger charge is 2.26. The van der Waals surface area contributed by atoms with E-state index < -0.39 is 0 Å². The van der Waals surface area contributed by atoms with Gasteiger partial charge in [-0.15, -0.1) is 5.10 Å². The zero-order valence-corrected chi connectivity index (χ0v) is 15.8. The lowest BCUT2D eigenvalue weighted by atomic mass is 10.1. The van der Waals surface area contributed by atoms with Crippen LogP contribution in [0.25, 0.3) is 5.69 Å². The first-order valence-electron chi connectivity index (χ1n) is 9.01. The molecular weight excluding hydrogens is 383 g/mol. The maximum absolute atomic E-state index is 14.0. The number of amides is 1. The zero-order chi connectivity index (χ0) is 19.5. The summed E-state index contributed by atoms with van der Waals surface area (Å²) in [5.74, 6) is -0.285. The fraction of sp³-hybridized carbons (Fsp3) is 0.263. The highest BCUT2D eigenvalue weighted by atomic mass is 35.5. The lowest BCUT2D eigenvalue weighted by molar-refractivity contribution is -0.917. The Morgan fingerprint density at radius 3 is 2.54 bits per heavy atom. The van der Waals surface area contributed by atoms with Gasteiger partial charge in [0.2, 0.25) is 0 Å². The van der Waals surface area contributed by atoms with Crippen LogP contribution in [-0.4, -0.2) is 57.2 Å². The molecule has 2 aromatic carbocycles. The zero-order valence-electron chi connectivity index (χ0n) is 15.1. The summed E-state index contributed by atoms with van der Waals surface area (Å²) in [4.78, 5) is 15.8. The average molecular weight is 402 g/mol. The molecule has 1 aromatic heterocycles. The monoisotopic (exact) mass is 401 g/mol. The Bertz CT molecular complexity index is 935. The molecule has 0 spiro atoms. The van der Waals surface area contributed by atoms with Gasteiger partial charge >= 0.3 is 0 Å². The summed E-state index contributed by atoms with van der Waals surface area (Å²) in [6.45, 7) is 3.26. The highest BCUT2D eigenvalue weighted by molar-refractivity contribution is 6.31. The van der Waals surface area contributed by atoms with Gasteiger partial charge in [0, 0.05) is 5.56 Å². The number of hydrogen-bond acceptors (Lipinski definition) is 4. The van der Waals surface area contributed by atoms with Gasteiger partial charge in [-0.3, -0.25) is 4.79 Å². The number of carbonyl (C=O) groups excluding carboxylic acids is 1. The first kappa shape index (κ1) is 18.5. The van der Waals surface area contributed by atoms with E-state index in [1.807, 2.05) is 17.0 Å². The molecule has 1 aliphatic rings. The van der Waals surface area contributed by atoms with Gasteiger partial charge in [-0.2, -0.15) is 0 Å². The van der Waals surface area contributed by atoms with E-state index in [-0.39, 0.29) is 11.7 Å². The van der Waals surface area contributed by atoms with E-state index in [1.165, 1.54) is 22.0 Å². The molecule has 0 atom stereocenters. The van der Waals surface area contributed by atoms with E-state index in [0.29, 0.717) is 35.8 Å². The van der Waals surface area contributed by atoms with E-state index in [1.54, 1.807) is 24.3 Å². The summed E-state index contributed by atoms with van der Waals surface area (Å²) < 4.78 is 15.5. The minimum Gasteiger partial charge on any atom is -0.328 e. The fourth-order valence-electron chi connectivity index (χ4n) is 3.37. The number of halogens is 2. The van der Waals surface area contributed by atoms with Crippen molar-refractivity contribution >= 4 is 17.5 Å². The van der Waals surface area contributed by atoms with Crippen molar-refractivity contribution in [2.24, 2.45) is 0 Å². The second kappa shape index (κ2) is 8.04. The predicted molar refractivity (Wildman–Crippen MR) is 101 cm³/mol. The summed E-state index contributed by atoms with van der Waals surface area (Å²) in [6, 6.07) is 11.9. The summed E-state index contributed by atoms with van der Waals surface area (Å²) in [6.07, 6.45) is 1.50. The fourth-order valence-corrected chi connectivity index (χ4v) is 3.60. The Kier molecular flexibility index (Phi) is 5.31. The van der Waals surface area contributed by atoms with Crippen LogP contribution in [0.5, 0.6) is 0 Å². The second-order valence-corrected chi connectivity index (χ2v) is 7.13. The van der Waals surface area contributed by atoms with Gasteiger partial charge in [0.25, 0.3) is 5.91 Å². The van der Waals surface area contributed by atoms with Gasteiger partial charge in [-0.1, -0.05) is 17.7 Å². The van der Waals surface area contributed by atoms with E-state index in [0.717, 1.165) is 18.8 Å². The van der Waals surface area contributed by atoms with Crippen molar-refractivity contribution in [2.75, 3.05) is 26.2 Å². The summed E-state index contributed by atoms with van der Waals surface area (Å²) >= 11 is 6.13. The number of hydrogen-bond donors (Lipinski definition) is 1. The number of nitrogens with one attached hydrogen (secondary N) is 1. The maximum atomic E-state index is 14.0. The minimum absolute atomic E-state index is 0.00811. The third kappa shape index (κ3) is 3.88. The van der Waals surface area contributed by atoms with Gasteiger partial charge in [0.1, 0.15) is 18.7 Å². The van der Waals surface area contributed by atoms with Crippen molar-refractivity contribution in [3.8, 4) is 5.69 Å². The van der Waals surface area contributed by atoms with Crippen LogP contribution >= 0.6 is 11.6 Å². The molecule has 4 rings (SSSR count). The number of carbonyl (C=O) groups is 1. The average Bonchev–Trinajstić information content (AvgIpc) is 3.26. The Labute approximate surface area is 166 Å². The van der Waals surface area contributed by atoms with Crippen molar-refractivity contribution in [3.63, 3.8) is 0 Å². The largest absolute Gasteiger partial charge is 0.328 e. The molecule has 1 aliphatic heterocycles. The number of rotatable bonds is 4. The lowest BCUT2D eigenvalue weighted by Crippen LogP contribution is -3.13. The number of benzene rings is 2. The molecule has 144 valence electrons. The van der Waals surface area contributed by atoms with Gasteiger partial charge < -0.3 is 9.80 Å². The first-order valence-corrected chi connectivity index (χ1v) is 9.39. The normalized spacial score (nSPS) is 15.0. The Morgan fingerprint density at radius 2 is 1.89 bits per heavy atom. The van der Waals surface area contributed by atoms with Crippen LogP contribution in [0.15, 0.2) is 48.8 Å². The number of quaternary nitrogens is 1. The summed E-state index contributed by atoms with van der Waals surface area (Å²) in [5, 5.41) is 11.5. The van der Waals surface area contributed by atoms with Crippen LogP contribution < -0.4 is 4.90 Å². The first-order chi connectivity index (χ1) is 13.6. The van der Waals surface area contributed by atoms with Crippen LogP contribution in [0.2, 0.25) is 5.02 Å². The van der Waals surface area contributed by atoms with Crippen LogP contribution in [0.1, 0.15) is 15.9 Å². The van der Waals surface area contributed by atoms with E-state index in [9.17, 15) is 9.18 Å². The van der Waals surface area contributed by atoms with Gasteiger partial charge in [-0.05, 0) is 46.8 Å². The van der Waals surface area contributed by atoms with E-state index in [4.69, 9.17) is 11.6 Å². The number of piperazine rings is 1. The van der Waals surface area contributed by atoms with E-state index in [2.05, 4.69) is 15.5 Å². The van der Waals surface area contributed by atoms with Crippen molar-refractivity contribution < 1.29 is 14.1 Å². The smallest absolute Gasteiger partial charge is 0.254 e. The standard InChI is InChI=1S/C19H18ClFN6O/c20-17-2-1-3-18(21)16(17)12-25-8-10-26(11-9-25)19(28)14-4-6-15(7-5-14)27-13-22-23-24-27/h1-7,13H,8-12H2/p+1. The SMILES string of the molecule is O=C(c1ccc(-n2cnnn2)cc1)N1CC[NH+](Cc2c(F)cccc2Cl)CC1. The molecule has 3 aromatic rings. The highest BCUT2D eigenvalue weighted by Crippen LogP contribution is 2.18. The molecule has 1 N–H and O–H groups in total. The molecule has 1 amide bonds. The number of nitrogens with zero attached hydrogens (tertiary/aromatic N) is 5. The van der Waals surface area contributed by atoms with Gasteiger partial charge in [0.15, 0.2) is 0 Å². The molecule has 7 nitrogen and oxygen atoms in total. The molecule has 0 saturated carbocycles. The molecular formula is C19H19ClFN6O+. The molecule has 1 fully saturated rings. The Balaban J connectivity index is 1.36. The third-order valence-corrected chi connectivity index (χ3v) is 5.33. The molecule has 0 aliphatic carbocycles. The van der Waals surface area contributed by atoms with Crippen LogP contribution in [0, 0.1) is 5.82 Å². The Hall–Kier alpha value is -2.84. The van der Waals surface area contributed by atoms with Crippen LogP contribution in [0.3, 0.4) is 0 Å². The number of tetrazole rings is 1.